The number of nitrogens with one attached hydrogen (secondary N) is 2. The van der Waals surface area contributed by atoms with Crippen LogP contribution in [0, 0.1) is 5.82 Å². The Bertz CT molecular complexity index is 1110. The maximum atomic E-state index is 13.1. The zero-order valence-corrected chi connectivity index (χ0v) is 19.4. The number of aromatic nitrogens is 1. The van der Waals surface area contributed by atoms with Crippen molar-refractivity contribution in [1.82, 2.24) is 10.3 Å². The second-order valence-electron chi connectivity index (χ2n) is 7.83. The van der Waals surface area contributed by atoms with Gasteiger partial charge in [0.2, 0.25) is 0 Å². The lowest BCUT2D eigenvalue weighted by Crippen LogP contribution is -2.38. The molecular formula is C26H28FN3O5. The van der Waals surface area contributed by atoms with Gasteiger partial charge in [-0.05, 0) is 60.9 Å². The smallest absolute Gasteiger partial charge is 0.305 e. The summed E-state index contributed by atoms with van der Waals surface area (Å²) in [7, 11) is 1.61. The number of hydrogen-bond donors (Lipinski definition) is 3. The quantitative estimate of drug-likeness (QED) is 0.317. The van der Waals surface area contributed by atoms with Gasteiger partial charge in [0.25, 0.3) is 5.91 Å². The van der Waals surface area contributed by atoms with Crippen LogP contribution >= 0.6 is 0 Å². The number of hydrogen-bond acceptors (Lipinski definition) is 6. The first-order chi connectivity index (χ1) is 16.9. The molecule has 1 amide bonds. The Labute approximate surface area is 203 Å². The van der Waals surface area contributed by atoms with Crippen molar-refractivity contribution in [3.05, 3.63) is 83.8 Å². The van der Waals surface area contributed by atoms with Crippen LogP contribution in [0.1, 0.15) is 28.8 Å². The molecule has 0 unspecified atom stereocenters. The molecule has 0 bridgehead atoms. The molecule has 3 aromatic rings. The van der Waals surface area contributed by atoms with Crippen molar-refractivity contribution in [3.8, 4) is 11.5 Å². The fourth-order valence-electron chi connectivity index (χ4n) is 3.37. The van der Waals surface area contributed by atoms with E-state index in [9.17, 15) is 19.1 Å². The number of methoxy groups -OCH3 is 1. The highest BCUT2D eigenvalue weighted by atomic mass is 19.1. The monoisotopic (exact) mass is 481 g/mol. The Balaban J connectivity index is 1.46. The number of halogens is 1. The predicted octanol–water partition coefficient (Wildman–Crippen LogP) is 3.93. The number of anilines is 1. The second-order valence-corrected chi connectivity index (χ2v) is 7.83. The molecule has 9 heteroatoms. The van der Waals surface area contributed by atoms with Crippen molar-refractivity contribution >= 4 is 17.7 Å². The highest BCUT2D eigenvalue weighted by Gasteiger charge is 2.18. The van der Waals surface area contributed by atoms with Gasteiger partial charge in [0, 0.05) is 30.4 Å². The number of carbonyl (C=O) groups excluding carboxylic acids is 1. The predicted molar refractivity (Wildman–Crippen MR) is 129 cm³/mol. The zero-order chi connectivity index (χ0) is 25.0. The van der Waals surface area contributed by atoms with Crippen LogP contribution in [0.5, 0.6) is 11.5 Å². The van der Waals surface area contributed by atoms with E-state index in [0.29, 0.717) is 25.3 Å². The highest BCUT2D eigenvalue weighted by molar-refractivity contribution is 5.94. The molecule has 0 saturated heterocycles. The average Bonchev–Trinajstić information content (AvgIpc) is 2.85. The lowest BCUT2D eigenvalue weighted by atomic mass is 10.0. The molecule has 0 radical (unpaired) electrons. The molecule has 3 N–H and O–H groups in total. The van der Waals surface area contributed by atoms with E-state index in [4.69, 9.17) is 9.47 Å². The Kier molecular flexibility index (Phi) is 9.41. The molecular weight excluding hydrogens is 453 g/mol. The third-order valence-corrected chi connectivity index (χ3v) is 5.13. The van der Waals surface area contributed by atoms with E-state index in [1.165, 1.54) is 24.3 Å². The first-order valence-corrected chi connectivity index (χ1v) is 11.2. The number of nitrogens with zero attached hydrogens (tertiary/aromatic N) is 1. The molecule has 0 aliphatic carbocycles. The van der Waals surface area contributed by atoms with Crippen molar-refractivity contribution in [2.24, 2.45) is 0 Å². The fourth-order valence-corrected chi connectivity index (χ4v) is 3.37. The molecule has 1 heterocycles. The maximum Gasteiger partial charge on any atom is 0.305 e. The normalized spacial score (nSPS) is 11.4. The standard InChI is InChI=1S/C26H28FN3O5/c1-34-23-11-13-29-24(17-23)28-12-2-14-35-22-9-3-18(4-10-22)15-21(16-25(31)32)30-26(33)19-5-7-20(27)8-6-19/h3-11,13,17,21H,2,12,14-16H2,1H3,(H,28,29)(H,30,33)(H,31,32)/t21-/m0/s1. The van der Waals surface area contributed by atoms with Gasteiger partial charge in [-0.25, -0.2) is 9.37 Å². The van der Waals surface area contributed by atoms with Crippen LogP contribution in [0.25, 0.3) is 0 Å². The average molecular weight is 482 g/mol. The van der Waals surface area contributed by atoms with Gasteiger partial charge in [-0.2, -0.15) is 0 Å². The number of benzene rings is 2. The molecule has 35 heavy (non-hydrogen) atoms. The van der Waals surface area contributed by atoms with Gasteiger partial charge in [-0.15, -0.1) is 0 Å². The third kappa shape index (κ3) is 8.62. The van der Waals surface area contributed by atoms with Crippen molar-refractivity contribution in [2.45, 2.75) is 25.3 Å². The van der Waals surface area contributed by atoms with Crippen molar-refractivity contribution in [1.29, 1.82) is 0 Å². The third-order valence-electron chi connectivity index (χ3n) is 5.13. The van der Waals surface area contributed by atoms with Crippen LogP contribution in [0.4, 0.5) is 10.2 Å². The number of ether oxygens (including phenoxy) is 2. The summed E-state index contributed by atoms with van der Waals surface area (Å²) in [5, 5.41) is 15.2. The van der Waals surface area contributed by atoms with Crippen molar-refractivity contribution < 1.29 is 28.6 Å². The summed E-state index contributed by atoms with van der Waals surface area (Å²) in [5.74, 6) is 0.242. The van der Waals surface area contributed by atoms with Crippen LogP contribution in [-0.4, -0.2) is 48.3 Å². The maximum absolute atomic E-state index is 13.1. The van der Waals surface area contributed by atoms with Gasteiger partial charge in [0.1, 0.15) is 23.1 Å². The number of amides is 1. The van der Waals surface area contributed by atoms with E-state index < -0.39 is 23.7 Å². The number of pyridine rings is 1. The molecule has 0 aliphatic heterocycles. The molecule has 3 rings (SSSR count). The number of carboxylic acids is 1. The molecule has 1 atom stereocenters. The summed E-state index contributed by atoms with van der Waals surface area (Å²) in [6, 6.07) is 15.4. The van der Waals surface area contributed by atoms with E-state index in [1.54, 1.807) is 19.4 Å². The lowest BCUT2D eigenvalue weighted by Gasteiger charge is -2.17. The molecule has 1 aromatic heterocycles. The minimum absolute atomic E-state index is 0.236. The Hall–Kier alpha value is -4.14. The molecule has 8 nitrogen and oxygen atoms in total. The van der Waals surface area contributed by atoms with E-state index in [2.05, 4.69) is 15.6 Å². The van der Waals surface area contributed by atoms with Gasteiger partial charge in [-0.1, -0.05) is 12.1 Å². The van der Waals surface area contributed by atoms with E-state index in [1.807, 2.05) is 30.3 Å². The summed E-state index contributed by atoms with van der Waals surface area (Å²) in [4.78, 5) is 27.9. The summed E-state index contributed by atoms with van der Waals surface area (Å²) < 4.78 is 24.0. The van der Waals surface area contributed by atoms with Crippen molar-refractivity contribution in [2.75, 3.05) is 25.6 Å². The minimum atomic E-state index is -1.02. The summed E-state index contributed by atoms with van der Waals surface area (Å²) in [6.07, 6.45) is 2.53. The Morgan fingerprint density at radius 1 is 1.06 bits per heavy atom. The van der Waals surface area contributed by atoms with Gasteiger partial charge in [0.15, 0.2) is 0 Å². The molecule has 0 spiro atoms. The SMILES string of the molecule is COc1ccnc(NCCCOc2ccc(C[C@@H](CC(=O)O)NC(=O)c3ccc(F)cc3)cc2)c1. The zero-order valence-electron chi connectivity index (χ0n) is 19.4. The molecule has 184 valence electrons. The van der Waals surface area contributed by atoms with E-state index in [0.717, 1.165) is 23.6 Å². The second kappa shape index (κ2) is 12.9. The fraction of sp³-hybridized carbons (Fsp3) is 0.269. The van der Waals surface area contributed by atoms with Crippen LogP contribution in [0.15, 0.2) is 66.9 Å². The molecule has 0 saturated carbocycles. The van der Waals surface area contributed by atoms with Crippen LogP contribution in [0.3, 0.4) is 0 Å². The summed E-state index contributed by atoms with van der Waals surface area (Å²) in [5.41, 5.74) is 1.12. The van der Waals surface area contributed by atoms with E-state index in [-0.39, 0.29) is 12.0 Å². The first-order valence-electron chi connectivity index (χ1n) is 11.2. The number of rotatable bonds is 13. The Morgan fingerprint density at radius 2 is 1.80 bits per heavy atom. The molecule has 2 aromatic carbocycles. The largest absolute Gasteiger partial charge is 0.497 e. The summed E-state index contributed by atoms with van der Waals surface area (Å²) >= 11 is 0. The minimum Gasteiger partial charge on any atom is -0.497 e. The topological polar surface area (TPSA) is 110 Å². The first kappa shape index (κ1) is 25.5. The van der Waals surface area contributed by atoms with Crippen molar-refractivity contribution in [3.63, 3.8) is 0 Å². The van der Waals surface area contributed by atoms with Crippen LogP contribution in [-0.2, 0) is 11.2 Å². The number of aliphatic carboxylic acids is 1. The molecule has 0 fully saturated rings. The van der Waals surface area contributed by atoms with Gasteiger partial charge >= 0.3 is 5.97 Å². The highest BCUT2D eigenvalue weighted by Crippen LogP contribution is 2.16. The van der Waals surface area contributed by atoms with Crippen LogP contribution < -0.4 is 20.1 Å². The molecule has 0 aliphatic rings. The summed E-state index contributed by atoms with van der Waals surface area (Å²) in [6.45, 7) is 1.19. The lowest BCUT2D eigenvalue weighted by molar-refractivity contribution is -0.137. The van der Waals surface area contributed by atoms with Crippen LogP contribution in [0.2, 0.25) is 0 Å². The van der Waals surface area contributed by atoms with Gasteiger partial charge < -0.3 is 25.2 Å². The van der Waals surface area contributed by atoms with E-state index >= 15 is 0 Å². The van der Waals surface area contributed by atoms with Gasteiger partial charge in [-0.3, -0.25) is 9.59 Å². The number of carbonyl (C=O) groups is 2. The van der Waals surface area contributed by atoms with Gasteiger partial charge in [0.05, 0.1) is 20.1 Å². The Morgan fingerprint density at radius 3 is 2.49 bits per heavy atom. The number of carboxylic acid groups (broad SMARTS) is 1.